The van der Waals surface area contributed by atoms with E-state index in [2.05, 4.69) is 5.32 Å². The quantitative estimate of drug-likeness (QED) is 0.803. The van der Waals surface area contributed by atoms with E-state index >= 15 is 0 Å². The van der Waals surface area contributed by atoms with Gasteiger partial charge in [0.05, 0.1) is 6.54 Å². The molecule has 0 spiro atoms. The van der Waals surface area contributed by atoms with Crippen molar-refractivity contribution in [2.75, 3.05) is 39.3 Å². The van der Waals surface area contributed by atoms with Crippen molar-refractivity contribution in [3.63, 3.8) is 0 Å². The zero-order valence-corrected chi connectivity index (χ0v) is 14.0. The average molecular weight is 333 g/mol. The lowest BCUT2D eigenvalue weighted by molar-refractivity contribution is -0.128. The molecule has 0 aromatic heterocycles. The van der Waals surface area contributed by atoms with Gasteiger partial charge in [0.1, 0.15) is 5.82 Å². The van der Waals surface area contributed by atoms with Crippen LogP contribution in [0.25, 0.3) is 6.08 Å². The summed E-state index contributed by atoms with van der Waals surface area (Å²) in [4.78, 5) is 27.7. The summed E-state index contributed by atoms with van der Waals surface area (Å²) in [5.74, 6) is -0.378. The van der Waals surface area contributed by atoms with Crippen molar-refractivity contribution in [1.82, 2.24) is 15.1 Å². The monoisotopic (exact) mass is 333 g/mol. The Morgan fingerprint density at radius 3 is 2.67 bits per heavy atom. The molecule has 1 N–H and O–H groups in total. The summed E-state index contributed by atoms with van der Waals surface area (Å²) in [5, 5.41) is 2.85. The molecular weight excluding hydrogens is 309 g/mol. The summed E-state index contributed by atoms with van der Waals surface area (Å²) in [6.07, 6.45) is 4.01. The molecule has 24 heavy (non-hydrogen) atoms. The van der Waals surface area contributed by atoms with E-state index in [4.69, 9.17) is 0 Å². The van der Waals surface area contributed by atoms with E-state index in [0.717, 1.165) is 6.42 Å². The second-order valence-corrected chi connectivity index (χ2v) is 5.84. The van der Waals surface area contributed by atoms with E-state index in [-0.39, 0.29) is 17.6 Å². The molecule has 1 aromatic rings. The maximum absolute atomic E-state index is 13.1. The Morgan fingerprint density at radius 2 is 2.00 bits per heavy atom. The first-order valence-electron chi connectivity index (χ1n) is 8.30. The number of benzene rings is 1. The number of carbonyl (C=O) groups excluding carboxylic acids is 2. The number of amides is 2. The molecule has 2 rings (SSSR count). The maximum atomic E-state index is 13.1. The van der Waals surface area contributed by atoms with Crippen molar-refractivity contribution in [2.45, 2.75) is 13.3 Å². The summed E-state index contributed by atoms with van der Waals surface area (Å²) >= 11 is 0. The second-order valence-electron chi connectivity index (χ2n) is 5.84. The predicted molar refractivity (Wildman–Crippen MR) is 91.8 cm³/mol. The molecule has 0 saturated carbocycles. The topological polar surface area (TPSA) is 52.7 Å². The molecule has 6 heteroatoms. The van der Waals surface area contributed by atoms with Crippen LogP contribution in [-0.2, 0) is 9.59 Å². The third kappa shape index (κ3) is 5.77. The Labute approximate surface area is 142 Å². The molecule has 2 amide bonds. The number of hydrogen-bond donors (Lipinski definition) is 1. The average Bonchev–Trinajstić information content (AvgIpc) is 2.58. The van der Waals surface area contributed by atoms with Crippen molar-refractivity contribution in [1.29, 1.82) is 0 Å². The largest absolute Gasteiger partial charge is 0.355 e. The molecular formula is C18H24FN3O2. The minimum absolute atomic E-state index is 0.0302. The standard InChI is InChI=1S/C18H24FN3O2/c1-2-8-20-17(23)14-21-9-11-22(12-10-21)18(24)7-6-15-4-3-5-16(19)13-15/h3-7,13H,2,8-12,14H2,1H3,(H,20,23)/b7-6+. The first kappa shape index (κ1) is 18.1. The van der Waals surface area contributed by atoms with Gasteiger partial charge < -0.3 is 10.2 Å². The van der Waals surface area contributed by atoms with Gasteiger partial charge in [-0.05, 0) is 30.2 Å². The molecule has 0 bridgehead atoms. The van der Waals surface area contributed by atoms with Gasteiger partial charge in [-0.15, -0.1) is 0 Å². The molecule has 1 aromatic carbocycles. The summed E-state index contributed by atoms with van der Waals surface area (Å²) < 4.78 is 13.1. The first-order chi connectivity index (χ1) is 11.6. The molecule has 1 aliphatic heterocycles. The van der Waals surface area contributed by atoms with Crippen LogP contribution in [0.1, 0.15) is 18.9 Å². The third-order valence-electron chi connectivity index (χ3n) is 3.89. The van der Waals surface area contributed by atoms with E-state index in [1.165, 1.54) is 18.2 Å². The first-order valence-corrected chi connectivity index (χ1v) is 8.30. The van der Waals surface area contributed by atoms with Crippen LogP contribution in [0.15, 0.2) is 30.3 Å². The molecule has 1 heterocycles. The Kier molecular flexibility index (Phi) is 6.93. The molecule has 0 unspecified atom stereocenters. The SMILES string of the molecule is CCCNC(=O)CN1CCN(C(=O)/C=C/c2cccc(F)c2)CC1. The molecule has 0 radical (unpaired) electrons. The number of rotatable bonds is 6. The van der Waals surface area contributed by atoms with Crippen LogP contribution in [0.3, 0.4) is 0 Å². The van der Waals surface area contributed by atoms with Gasteiger partial charge in [0.15, 0.2) is 0 Å². The van der Waals surface area contributed by atoms with E-state index in [1.54, 1.807) is 23.1 Å². The van der Waals surface area contributed by atoms with Crippen molar-refractivity contribution in [3.05, 3.63) is 41.7 Å². The fourth-order valence-electron chi connectivity index (χ4n) is 2.53. The number of nitrogens with one attached hydrogen (secondary N) is 1. The lowest BCUT2D eigenvalue weighted by atomic mass is 10.2. The Balaban J connectivity index is 1.77. The maximum Gasteiger partial charge on any atom is 0.246 e. The normalized spacial score (nSPS) is 15.7. The minimum Gasteiger partial charge on any atom is -0.355 e. The van der Waals surface area contributed by atoms with Gasteiger partial charge >= 0.3 is 0 Å². The van der Waals surface area contributed by atoms with Gasteiger partial charge in [0.25, 0.3) is 0 Å². The van der Waals surface area contributed by atoms with Gasteiger partial charge in [0, 0.05) is 38.8 Å². The van der Waals surface area contributed by atoms with Gasteiger partial charge in [-0.2, -0.15) is 0 Å². The van der Waals surface area contributed by atoms with Crippen LogP contribution < -0.4 is 5.32 Å². The molecule has 1 fully saturated rings. The van der Waals surface area contributed by atoms with E-state index < -0.39 is 0 Å². The van der Waals surface area contributed by atoms with Crippen molar-refractivity contribution in [2.24, 2.45) is 0 Å². The zero-order valence-electron chi connectivity index (χ0n) is 14.0. The predicted octanol–water partition coefficient (Wildman–Crippen LogP) is 1.51. The van der Waals surface area contributed by atoms with E-state index in [1.807, 2.05) is 11.8 Å². The van der Waals surface area contributed by atoms with Crippen molar-refractivity contribution in [3.8, 4) is 0 Å². The Morgan fingerprint density at radius 1 is 1.25 bits per heavy atom. The smallest absolute Gasteiger partial charge is 0.246 e. The molecule has 0 aliphatic carbocycles. The molecule has 1 aliphatic rings. The highest BCUT2D eigenvalue weighted by Crippen LogP contribution is 2.07. The molecule has 5 nitrogen and oxygen atoms in total. The number of carbonyl (C=O) groups is 2. The Hall–Kier alpha value is -2.21. The lowest BCUT2D eigenvalue weighted by Gasteiger charge is -2.33. The summed E-state index contributed by atoms with van der Waals surface area (Å²) in [6, 6.07) is 6.12. The van der Waals surface area contributed by atoms with Crippen LogP contribution in [0.5, 0.6) is 0 Å². The fourth-order valence-corrected chi connectivity index (χ4v) is 2.53. The van der Waals surface area contributed by atoms with Crippen molar-refractivity contribution < 1.29 is 14.0 Å². The van der Waals surface area contributed by atoms with Crippen LogP contribution >= 0.6 is 0 Å². The fraction of sp³-hybridized carbons (Fsp3) is 0.444. The molecule has 1 saturated heterocycles. The Bertz CT molecular complexity index is 596. The lowest BCUT2D eigenvalue weighted by Crippen LogP contribution is -2.50. The van der Waals surface area contributed by atoms with E-state index in [9.17, 15) is 14.0 Å². The highest BCUT2D eigenvalue weighted by atomic mass is 19.1. The van der Waals surface area contributed by atoms with Gasteiger partial charge in [0.2, 0.25) is 11.8 Å². The summed E-state index contributed by atoms with van der Waals surface area (Å²) in [5.41, 5.74) is 0.662. The zero-order chi connectivity index (χ0) is 17.4. The number of nitrogens with zero attached hydrogens (tertiary/aromatic N) is 2. The van der Waals surface area contributed by atoms with Crippen LogP contribution in [-0.4, -0.2) is 60.9 Å². The highest BCUT2D eigenvalue weighted by molar-refractivity contribution is 5.91. The molecule has 130 valence electrons. The number of halogens is 1. The second kappa shape index (κ2) is 9.17. The number of hydrogen-bond acceptors (Lipinski definition) is 3. The van der Waals surface area contributed by atoms with Gasteiger partial charge in [-0.1, -0.05) is 19.1 Å². The van der Waals surface area contributed by atoms with E-state index in [0.29, 0.717) is 44.8 Å². The molecule has 0 atom stereocenters. The van der Waals surface area contributed by atoms with Crippen molar-refractivity contribution >= 4 is 17.9 Å². The summed E-state index contributed by atoms with van der Waals surface area (Å²) in [6.45, 7) is 5.63. The summed E-state index contributed by atoms with van der Waals surface area (Å²) in [7, 11) is 0. The number of piperazine rings is 1. The van der Waals surface area contributed by atoms with Crippen LogP contribution in [0, 0.1) is 5.82 Å². The van der Waals surface area contributed by atoms with Crippen LogP contribution in [0.4, 0.5) is 4.39 Å². The van der Waals surface area contributed by atoms with Gasteiger partial charge in [-0.25, -0.2) is 4.39 Å². The third-order valence-corrected chi connectivity index (χ3v) is 3.89. The highest BCUT2D eigenvalue weighted by Gasteiger charge is 2.20. The van der Waals surface area contributed by atoms with Crippen LogP contribution in [0.2, 0.25) is 0 Å². The minimum atomic E-state index is -0.320. The van der Waals surface area contributed by atoms with Gasteiger partial charge in [-0.3, -0.25) is 14.5 Å².